The molecule has 0 heterocycles. The smallest absolute Gasteiger partial charge is 0.311 e. The molecule has 0 radical (unpaired) electrons. The van der Waals surface area contributed by atoms with Crippen molar-refractivity contribution in [2.45, 2.75) is 26.7 Å². The molecule has 0 spiro atoms. The summed E-state index contributed by atoms with van der Waals surface area (Å²) in [6.45, 7) is 3.88. The number of carbonyl (C=O) groups excluding carboxylic acids is 1. The van der Waals surface area contributed by atoms with Crippen LogP contribution in [0.2, 0.25) is 0 Å². The van der Waals surface area contributed by atoms with Crippen LogP contribution in [0.5, 0.6) is 5.75 Å². The highest BCUT2D eigenvalue weighted by Crippen LogP contribution is 2.25. The van der Waals surface area contributed by atoms with Crippen LogP contribution in [0, 0.1) is 17.8 Å². The highest BCUT2D eigenvalue weighted by Gasteiger charge is 2.35. The molecule has 5 nitrogen and oxygen atoms in total. The first kappa shape index (κ1) is 17.6. The molecule has 1 rings (SSSR count). The SMILES string of the molecule is C#CCOc1ccc(C(=O)NCC(CC)(CC)C(=O)O)cc1. The van der Waals surface area contributed by atoms with Gasteiger partial charge in [-0.25, -0.2) is 0 Å². The second-order valence-corrected chi connectivity index (χ2v) is 4.99. The van der Waals surface area contributed by atoms with E-state index >= 15 is 0 Å². The van der Waals surface area contributed by atoms with Gasteiger partial charge in [-0.1, -0.05) is 19.8 Å². The Hall–Kier alpha value is -2.48. The first-order valence-corrected chi connectivity index (χ1v) is 7.17. The number of terminal acetylenes is 1. The van der Waals surface area contributed by atoms with Crippen molar-refractivity contribution in [2.75, 3.05) is 13.2 Å². The van der Waals surface area contributed by atoms with E-state index in [9.17, 15) is 14.7 Å². The van der Waals surface area contributed by atoms with Crippen molar-refractivity contribution in [2.24, 2.45) is 5.41 Å². The molecule has 2 N–H and O–H groups in total. The Labute approximate surface area is 130 Å². The van der Waals surface area contributed by atoms with Gasteiger partial charge in [0.05, 0.1) is 5.41 Å². The van der Waals surface area contributed by atoms with Crippen LogP contribution in [0.3, 0.4) is 0 Å². The number of carboxylic acid groups (broad SMARTS) is 1. The van der Waals surface area contributed by atoms with Gasteiger partial charge in [0.15, 0.2) is 0 Å². The number of amides is 1. The van der Waals surface area contributed by atoms with Crippen LogP contribution in [0.25, 0.3) is 0 Å². The molecule has 0 aromatic heterocycles. The van der Waals surface area contributed by atoms with E-state index in [1.165, 1.54) is 0 Å². The van der Waals surface area contributed by atoms with Crippen molar-refractivity contribution >= 4 is 11.9 Å². The van der Waals surface area contributed by atoms with Crippen LogP contribution < -0.4 is 10.1 Å². The molecular weight excluding hydrogens is 282 g/mol. The molecule has 0 fully saturated rings. The molecule has 1 aromatic carbocycles. The summed E-state index contributed by atoms with van der Waals surface area (Å²) in [6, 6.07) is 6.52. The molecule has 118 valence electrons. The number of ether oxygens (including phenoxy) is 1. The van der Waals surface area contributed by atoms with Gasteiger partial charge in [0, 0.05) is 12.1 Å². The molecule has 1 aromatic rings. The van der Waals surface area contributed by atoms with Gasteiger partial charge in [0.1, 0.15) is 12.4 Å². The third kappa shape index (κ3) is 4.26. The zero-order valence-electron chi connectivity index (χ0n) is 12.9. The molecule has 0 unspecified atom stereocenters. The summed E-state index contributed by atoms with van der Waals surface area (Å²) >= 11 is 0. The van der Waals surface area contributed by atoms with Crippen molar-refractivity contribution in [3.8, 4) is 18.1 Å². The lowest BCUT2D eigenvalue weighted by molar-refractivity contribution is -0.149. The molecule has 1 amide bonds. The molecule has 5 heteroatoms. The quantitative estimate of drug-likeness (QED) is 0.723. The van der Waals surface area contributed by atoms with Crippen molar-refractivity contribution in [1.29, 1.82) is 0 Å². The van der Waals surface area contributed by atoms with Crippen LogP contribution in [-0.2, 0) is 4.79 Å². The van der Waals surface area contributed by atoms with Gasteiger partial charge in [0.2, 0.25) is 0 Å². The highest BCUT2D eigenvalue weighted by atomic mass is 16.5. The summed E-state index contributed by atoms with van der Waals surface area (Å²) in [6.07, 6.45) is 6.01. The zero-order chi connectivity index (χ0) is 16.6. The molecule has 0 bridgehead atoms. The molecule has 0 saturated heterocycles. The third-order valence-corrected chi connectivity index (χ3v) is 3.83. The Morgan fingerprint density at radius 1 is 1.27 bits per heavy atom. The largest absolute Gasteiger partial charge is 0.481 e. The van der Waals surface area contributed by atoms with Gasteiger partial charge in [0.25, 0.3) is 5.91 Å². The lowest BCUT2D eigenvalue weighted by Crippen LogP contribution is -2.42. The summed E-state index contributed by atoms with van der Waals surface area (Å²) in [5.74, 6) is 1.73. The second-order valence-electron chi connectivity index (χ2n) is 4.99. The summed E-state index contributed by atoms with van der Waals surface area (Å²) in [5, 5.41) is 12.0. The fourth-order valence-corrected chi connectivity index (χ4v) is 2.06. The molecule has 0 aliphatic heterocycles. The summed E-state index contributed by atoms with van der Waals surface area (Å²) in [4.78, 5) is 23.5. The molecule has 0 atom stereocenters. The molecule has 0 saturated carbocycles. The standard InChI is InChI=1S/C17H21NO4/c1-4-11-22-14-9-7-13(8-10-14)15(19)18-12-17(5-2,6-3)16(20)21/h1,7-10H,5-6,11-12H2,2-3H3,(H,18,19)(H,20,21). The molecule has 22 heavy (non-hydrogen) atoms. The fraction of sp³-hybridized carbons (Fsp3) is 0.412. The lowest BCUT2D eigenvalue weighted by Gasteiger charge is -2.26. The maximum absolute atomic E-state index is 12.1. The lowest BCUT2D eigenvalue weighted by atomic mass is 9.82. The van der Waals surface area contributed by atoms with Crippen molar-refractivity contribution in [3.05, 3.63) is 29.8 Å². The Bertz CT molecular complexity index is 553. The zero-order valence-corrected chi connectivity index (χ0v) is 12.9. The minimum Gasteiger partial charge on any atom is -0.481 e. The van der Waals surface area contributed by atoms with E-state index in [1.807, 2.05) is 0 Å². The minimum absolute atomic E-state index is 0.101. The normalized spacial score (nSPS) is 10.6. The van der Waals surface area contributed by atoms with Gasteiger partial charge >= 0.3 is 5.97 Å². The second kappa shape index (κ2) is 8.08. The number of rotatable bonds is 8. The Morgan fingerprint density at radius 2 is 1.86 bits per heavy atom. The Balaban J connectivity index is 2.69. The average Bonchev–Trinajstić information content (AvgIpc) is 2.54. The Kier molecular flexibility index (Phi) is 6.46. The monoisotopic (exact) mass is 303 g/mol. The number of hydrogen-bond donors (Lipinski definition) is 2. The third-order valence-electron chi connectivity index (χ3n) is 3.83. The number of benzene rings is 1. The van der Waals surface area contributed by atoms with E-state index in [1.54, 1.807) is 38.1 Å². The van der Waals surface area contributed by atoms with Gasteiger partial charge in [-0.2, -0.15) is 0 Å². The van der Waals surface area contributed by atoms with Crippen molar-refractivity contribution in [3.63, 3.8) is 0 Å². The summed E-state index contributed by atoms with van der Waals surface area (Å²) in [5.41, 5.74) is -0.481. The van der Waals surface area contributed by atoms with Crippen LogP contribution >= 0.6 is 0 Å². The highest BCUT2D eigenvalue weighted by molar-refractivity contribution is 5.94. The summed E-state index contributed by atoms with van der Waals surface area (Å²) in [7, 11) is 0. The molecule has 0 aliphatic rings. The van der Waals surface area contributed by atoms with E-state index in [2.05, 4.69) is 11.2 Å². The number of hydrogen-bond acceptors (Lipinski definition) is 3. The van der Waals surface area contributed by atoms with E-state index in [0.29, 0.717) is 24.2 Å². The molecule has 0 aliphatic carbocycles. The van der Waals surface area contributed by atoms with E-state index in [-0.39, 0.29) is 19.1 Å². The number of carboxylic acids is 1. The minimum atomic E-state index is -0.925. The van der Waals surface area contributed by atoms with Gasteiger partial charge in [-0.3, -0.25) is 9.59 Å². The van der Waals surface area contributed by atoms with E-state index in [0.717, 1.165) is 0 Å². The average molecular weight is 303 g/mol. The van der Waals surface area contributed by atoms with Crippen LogP contribution in [0.4, 0.5) is 0 Å². The van der Waals surface area contributed by atoms with Gasteiger partial charge in [-0.05, 0) is 37.1 Å². The van der Waals surface area contributed by atoms with Crippen LogP contribution in [0.1, 0.15) is 37.0 Å². The number of nitrogens with one attached hydrogen (secondary N) is 1. The fourth-order valence-electron chi connectivity index (χ4n) is 2.06. The number of carbonyl (C=O) groups is 2. The molecular formula is C17H21NO4. The van der Waals surface area contributed by atoms with E-state index in [4.69, 9.17) is 11.2 Å². The predicted molar refractivity (Wildman–Crippen MR) is 83.8 cm³/mol. The Morgan fingerprint density at radius 3 is 2.32 bits per heavy atom. The maximum Gasteiger partial charge on any atom is 0.311 e. The van der Waals surface area contributed by atoms with Crippen molar-refractivity contribution < 1.29 is 19.4 Å². The van der Waals surface area contributed by atoms with Gasteiger partial charge < -0.3 is 15.2 Å². The van der Waals surface area contributed by atoms with Crippen LogP contribution in [0.15, 0.2) is 24.3 Å². The predicted octanol–water partition coefficient (Wildman–Crippen LogP) is 2.32. The topological polar surface area (TPSA) is 75.6 Å². The van der Waals surface area contributed by atoms with Crippen LogP contribution in [-0.4, -0.2) is 30.1 Å². The first-order chi connectivity index (χ1) is 10.5. The maximum atomic E-state index is 12.1. The number of aliphatic carboxylic acids is 1. The van der Waals surface area contributed by atoms with Gasteiger partial charge in [-0.15, -0.1) is 6.42 Å². The summed E-state index contributed by atoms with van der Waals surface area (Å²) < 4.78 is 5.22. The van der Waals surface area contributed by atoms with E-state index < -0.39 is 11.4 Å². The first-order valence-electron chi connectivity index (χ1n) is 7.17. The van der Waals surface area contributed by atoms with Crippen molar-refractivity contribution in [1.82, 2.24) is 5.32 Å².